The molecular weight excluding hydrogens is 414 g/mol. The zero-order valence-corrected chi connectivity index (χ0v) is 17.9. The van der Waals surface area contributed by atoms with Crippen molar-refractivity contribution in [2.24, 2.45) is 0 Å². The van der Waals surface area contributed by atoms with E-state index >= 15 is 0 Å². The summed E-state index contributed by atoms with van der Waals surface area (Å²) in [4.78, 5) is 31.0. The van der Waals surface area contributed by atoms with Crippen LogP contribution in [0.4, 0.5) is 5.13 Å². The van der Waals surface area contributed by atoms with Gasteiger partial charge < -0.3 is 10.1 Å². The highest BCUT2D eigenvalue weighted by molar-refractivity contribution is 8.26. The number of aromatic nitrogens is 1. The van der Waals surface area contributed by atoms with Crippen molar-refractivity contribution in [1.29, 1.82) is 0 Å². The van der Waals surface area contributed by atoms with Crippen molar-refractivity contribution in [3.05, 3.63) is 45.8 Å². The average Bonchev–Trinajstić information content (AvgIpc) is 3.19. The van der Waals surface area contributed by atoms with Crippen LogP contribution in [0.1, 0.15) is 24.1 Å². The van der Waals surface area contributed by atoms with Crippen LogP contribution >= 0.6 is 35.3 Å². The second-order valence-electron chi connectivity index (χ2n) is 6.06. The summed E-state index contributed by atoms with van der Waals surface area (Å²) in [6.45, 7) is 2.28. The van der Waals surface area contributed by atoms with Gasteiger partial charge in [0.1, 0.15) is 10.1 Å². The molecule has 0 saturated carbocycles. The Balaban J connectivity index is 1.54. The number of aryl methyl sites for hydroxylation is 1. The van der Waals surface area contributed by atoms with E-state index in [-0.39, 0.29) is 11.8 Å². The number of methoxy groups -OCH3 is 1. The number of anilines is 1. The number of thiazole rings is 1. The predicted molar refractivity (Wildman–Crippen MR) is 118 cm³/mol. The molecule has 1 saturated heterocycles. The fourth-order valence-electron chi connectivity index (χ4n) is 2.57. The van der Waals surface area contributed by atoms with Crippen molar-refractivity contribution in [3.8, 4) is 5.75 Å². The van der Waals surface area contributed by atoms with E-state index < -0.39 is 0 Å². The maximum absolute atomic E-state index is 12.7. The Morgan fingerprint density at radius 3 is 2.96 bits per heavy atom. The summed E-state index contributed by atoms with van der Waals surface area (Å²) in [5, 5.41) is 5.24. The van der Waals surface area contributed by atoms with Gasteiger partial charge in [0, 0.05) is 18.3 Å². The molecule has 1 aromatic carbocycles. The van der Waals surface area contributed by atoms with E-state index in [0.29, 0.717) is 33.7 Å². The quantitative estimate of drug-likeness (QED) is 0.524. The number of hydrogen-bond donors (Lipinski definition) is 1. The lowest BCUT2D eigenvalue weighted by Gasteiger charge is -2.13. The van der Waals surface area contributed by atoms with Gasteiger partial charge in [-0.2, -0.15) is 0 Å². The number of amides is 2. The first-order chi connectivity index (χ1) is 13.5. The number of rotatable bonds is 7. The molecule has 9 heteroatoms. The molecule has 1 aromatic heterocycles. The van der Waals surface area contributed by atoms with Crippen molar-refractivity contribution in [1.82, 2.24) is 9.88 Å². The number of carbonyl (C=O) groups excluding carboxylic acids is 2. The van der Waals surface area contributed by atoms with Crippen LogP contribution in [0, 0.1) is 6.92 Å². The van der Waals surface area contributed by atoms with E-state index in [2.05, 4.69) is 10.3 Å². The summed E-state index contributed by atoms with van der Waals surface area (Å²) in [6.07, 6.45) is 2.62. The Hall–Kier alpha value is -2.23. The van der Waals surface area contributed by atoms with E-state index in [9.17, 15) is 9.59 Å². The number of ether oxygens (including phenoxy) is 1. The van der Waals surface area contributed by atoms with Crippen LogP contribution in [0.3, 0.4) is 0 Å². The lowest BCUT2D eigenvalue weighted by atomic mass is 10.2. The molecule has 1 aliphatic heterocycles. The van der Waals surface area contributed by atoms with Gasteiger partial charge in [0.2, 0.25) is 5.91 Å². The summed E-state index contributed by atoms with van der Waals surface area (Å²) in [5.74, 6) is 0.478. The Morgan fingerprint density at radius 2 is 2.25 bits per heavy atom. The minimum absolute atomic E-state index is 0.119. The third-order valence-corrected chi connectivity index (χ3v) is 6.17. The Labute approximate surface area is 177 Å². The molecular formula is C19H19N3O3S3. The lowest BCUT2D eigenvalue weighted by Crippen LogP contribution is -2.29. The minimum atomic E-state index is -0.131. The second kappa shape index (κ2) is 9.31. The normalized spacial score (nSPS) is 15.4. The maximum Gasteiger partial charge on any atom is 0.266 e. The molecule has 2 amide bonds. The highest BCUT2D eigenvalue weighted by atomic mass is 32.2. The van der Waals surface area contributed by atoms with Crippen LogP contribution in [0.25, 0.3) is 6.08 Å². The SMILES string of the molecule is COc1cccc(C=C2SC(=S)N(CCCC(=O)Nc3nc(C)cs3)C2=O)c1. The van der Waals surface area contributed by atoms with Crippen molar-refractivity contribution in [2.75, 3.05) is 19.0 Å². The molecule has 0 atom stereocenters. The van der Waals surface area contributed by atoms with Gasteiger partial charge in [-0.1, -0.05) is 36.1 Å². The fraction of sp³-hybridized carbons (Fsp3) is 0.263. The van der Waals surface area contributed by atoms with Crippen LogP contribution in [-0.4, -0.2) is 39.7 Å². The Kier molecular flexibility index (Phi) is 6.82. The van der Waals surface area contributed by atoms with E-state index in [1.807, 2.05) is 36.6 Å². The molecule has 0 spiro atoms. The fourth-order valence-corrected chi connectivity index (χ4v) is 4.58. The molecule has 1 fully saturated rings. The molecule has 1 aliphatic rings. The van der Waals surface area contributed by atoms with Crippen LogP contribution in [0.2, 0.25) is 0 Å². The molecule has 2 heterocycles. The molecule has 2 aromatic rings. The number of nitrogens with one attached hydrogen (secondary N) is 1. The first-order valence-corrected chi connectivity index (χ1v) is 10.7. The molecule has 3 rings (SSSR count). The first-order valence-electron chi connectivity index (χ1n) is 8.57. The molecule has 1 N–H and O–H groups in total. The van der Waals surface area contributed by atoms with Gasteiger partial charge in [-0.25, -0.2) is 4.98 Å². The zero-order chi connectivity index (χ0) is 20.1. The van der Waals surface area contributed by atoms with E-state index in [1.165, 1.54) is 23.1 Å². The summed E-state index contributed by atoms with van der Waals surface area (Å²) in [5.41, 5.74) is 1.75. The number of carbonyl (C=O) groups is 2. The van der Waals surface area contributed by atoms with Gasteiger partial charge >= 0.3 is 0 Å². The number of benzene rings is 1. The number of nitrogens with zero attached hydrogens (tertiary/aromatic N) is 2. The van der Waals surface area contributed by atoms with Gasteiger partial charge in [-0.15, -0.1) is 11.3 Å². The standard InChI is InChI=1S/C19H19N3O3S3/c1-12-11-27-18(20-12)21-16(23)7-4-8-22-17(24)15(28-19(22)26)10-13-5-3-6-14(9-13)25-2/h3,5-6,9-11H,4,7-8H2,1-2H3,(H,20,21,23). The van der Waals surface area contributed by atoms with Crippen molar-refractivity contribution >= 4 is 62.7 Å². The molecule has 0 radical (unpaired) electrons. The van der Waals surface area contributed by atoms with Crippen LogP contribution in [-0.2, 0) is 9.59 Å². The second-order valence-corrected chi connectivity index (χ2v) is 8.59. The summed E-state index contributed by atoms with van der Waals surface area (Å²) >= 11 is 8.01. The van der Waals surface area contributed by atoms with Gasteiger partial charge in [0.05, 0.1) is 17.7 Å². The van der Waals surface area contributed by atoms with Crippen molar-refractivity contribution in [3.63, 3.8) is 0 Å². The molecule has 0 bridgehead atoms. The van der Waals surface area contributed by atoms with Gasteiger partial charge in [-0.3, -0.25) is 14.5 Å². The molecule has 6 nitrogen and oxygen atoms in total. The first kappa shape index (κ1) is 20.5. The highest BCUT2D eigenvalue weighted by Crippen LogP contribution is 2.33. The van der Waals surface area contributed by atoms with Crippen LogP contribution in [0.15, 0.2) is 34.6 Å². The Bertz CT molecular complexity index is 939. The van der Waals surface area contributed by atoms with E-state index in [1.54, 1.807) is 18.1 Å². The Morgan fingerprint density at radius 1 is 1.43 bits per heavy atom. The van der Waals surface area contributed by atoms with Gasteiger partial charge in [0.15, 0.2) is 5.13 Å². The number of thiocarbonyl (C=S) groups is 1. The lowest BCUT2D eigenvalue weighted by molar-refractivity contribution is -0.122. The summed E-state index contributed by atoms with van der Waals surface area (Å²) < 4.78 is 5.72. The van der Waals surface area contributed by atoms with Crippen molar-refractivity contribution in [2.45, 2.75) is 19.8 Å². The minimum Gasteiger partial charge on any atom is -0.497 e. The van der Waals surface area contributed by atoms with E-state index in [4.69, 9.17) is 17.0 Å². The van der Waals surface area contributed by atoms with Gasteiger partial charge in [0.25, 0.3) is 5.91 Å². The monoisotopic (exact) mass is 433 g/mol. The third-order valence-electron chi connectivity index (χ3n) is 3.92. The molecule has 28 heavy (non-hydrogen) atoms. The van der Waals surface area contributed by atoms with Crippen molar-refractivity contribution < 1.29 is 14.3 Å². The topological polar surface area (TPSA) is 71.5 Å². The van der Waals surface area contributed by atoms with E-state index in [0.717, 1.165) is 17.0 Å². The smallest absolute Gasteiger partial charge is 0.266 e. The maximum atomic E-state index is 12.7. The third kappa shape index (κ3) is 5.18. The molecule has 146 valence electrons. The van der Waals surface area contributed by atoms with Crippen LogP contribution < -0.4 is 10.1 Å². The van der Waals surface area contributed by atoms with Crippen LogP contribution in [0.5, 0.6) is 5.75 Å². The molecule has 0 aliphatic carbocycles. The summed E-state index contributed by atoms with van der Waals surface area (Å²) in [7, 11) is 1.60. The van der Waals surface area contributed by atoms with Gasteiger partial charge in [-0.05, 0) is 37.1 Å². The summed E-state index contributed by atoms with van der Waals surface area (Å²) in [6, 6.07) is 7.48. The largest absolute Gasteiger partial charge is 0.497 e. The predicted octanol–water partition coefficient (Wildman–Crippen LogP) is 4.08. The number of thioether (sulfide) groups is 1. The zero-order valence-electron chi connectivity index (χ0n) is 15.4. The highest BCUT2D eigenvalue weighted by Gasteiger charge is 2.31. The number of hydrogen-bond acceptors (Lipinski definition) is 7. The molecule has 0 unspecified atom stereocenters. The average molecular weight is 434 g/mol.